The standard InChI is InChI=1S/C7H12N4O2/c1-3-13-7(12)5-11-4-6(8-2)9-10-11/h4,8H,3,5H2,1-2H3. The molecule has 1 heterocycles. The van der Waals surface area contributed by atoms with E-state index in [-0.39, 0.29) is 12.5 Å². The van der Waals surface area contributed by atoms with Crippen molar-refractivity contribution in [2.45, 2.75) is 13.5 Å². The minimum atomic E-state index is -0.310. The van der Waals surface area contributed by atoms with Gasteiger partial charge in [0, 0.05) is 7.05 Å². The van der Waals surface area contributed by atoms with E-state index in [1.54, 1.807) is 20.2 Å². The van der Waals surface area contributed by atoms with Gasteiger partial charge >= 0.3 is 5.97 Å². The van der Waals surface area contributed by atoms with E-state index in [1.807, 2.05) is 0 Å². The topological polar surface area (TPSA) is 69.0 Å². The third kappa shape index (κ3) is 2.73. The normalized spacial score (nSPS) is 9.69. The average Bonchev–Trinajstić information content (AvgIpc) is 2.52. The predicted molar refractivity (Wildman–Crippen MR) is 46.2 cm³/mol. The fourth-order valence-corrected chi connectivity index (χ4v) is 0.829. The number of aromatic nitrogens is 3. The SMILES string of the molecule is CCOC(=O)Cn1cc(NC)nn1. The molecule has 0 radical (unpaired) electrons. The van der Waals surface area contributed by atoms with E-state index < -0.39 is 0 Å². The number of nitrogens with zero attached hydrogens (tertiary/aromatic N) is 3. The van der Waals surface area contributed by atoms with Crippen molar-refractivity contribution in [2.75, 3.05) is 19.0 Å². The number of anilines is 1. The van der Waals surface area contributed by atoms with E-state index in [1.165, 1.54) is 4.68 Å². The Balaban J connectivity index is 2.49. The monoisotopic (exact) mass is 184 g/mol. The van der Waals surface area contributed by atoms with Crippen molar-refractivity contribution in [3.05, 3.63) is 6.20 Å². The summed E-state index contributed by atoms with van der Waals surface area (Å²) in [5, 5.41) is 10.3. The molecule has 13 heavy (non-hydrogen) atoms. The van der Waals surface area contributed by atoms with Gasteiger partial charge in [0.25, 0.3) is 0 Å². The number of esters is 1. The summed E-state index contributed by atoms with van der Waals surface area (Å²) in [6, 6.07) is 0. The molecule has 0 spiro atoms. The maximum absolute atomic E-state index is 11.0. The van der Waals surface area contributed by atoms with Gasteiger partial charge in [0.2, 0.25) is 0 Å². The van der Waals surface area contributed by atoms with Gasteiger partial charge in [-0.1, -0.05) is 5.21 Å². The zero-order valence-electron chi connectivity index (χ0n) is 7.65. The van der Waals surface area contributed by atoms with E-state index in [0.29, 0.717) is 12.4 Å². The number of hydrogen-bond donors (Lipinski definition) is 1. The van der Waals surface area contributed by atoms with Crippen molar-refractivity contribution in [3.63, 3.8) is 0 Å². The highest BCUT2D eigenvalue weighted by molar-refractivity contribution is 5.69. The zero-order chi connectivity index (χ0) is 9.68. The van der Waals surface area contributed by atoms with Crippen molar-refractivity contribution < 1.29 is 9.53 Å². The molecule has 1 N–H and O–H groups in total. The fraction of sp³-hybridized carbons (Fsp3) is 0.571. The minimum absolute atomic E-state index is 0.0997. The minimum Gasteiger partial charge on any atom is -0.465 e. The Morgan fingerprint density at radius 1 is 1.77 bits per heavy atom. The molecule has 0 aliphatic carbocycles. The first kappa shape index (κ1) is 9.50. The molecular formula is C7H12N4O2. The lowest BCUT2D eigenvalue weighted by Gasteiger charge is -1.99. The van der Waals surface area contributed by atoms with Gasteiger partial charge in [-0.3, -0.25) is 4.79 Å². The number of hydrogen-bond acceptors (Lipinski definition) is 5. The van der Waals surface area contributed by atoms with Crippen molar-refractivity contribution in [1.29, 1.82) is 0 Å². The molecule has 0 fully saturated rings. The van der Waals surface area contributed by atoms with Crippen LogP contribution in [0, 0.1) is 0 Å². The third-order valence-corrected chi connectivity index (χ3v) is 1.39. The van der Waals surface area contributed by atoms with E-state index in [0.717, 1.165) is 0 Å². The molecule has 1 aromatic rings. The van der Waals surface area contributed by atoms with E-state index in [4.69, 9.17) is 4.74 Å². The summed E-state index contributed by atoms with van der Waals surface area (Å²) >= 11 is 0. The van der Waals surface area contributed by atoms with Crippen LogP contribution >= 0.6 is 0 Å². The number of nitrogens with one attached hydrogen (secondary N) is 1. The van der Waals surface area contributed by atoms with Crippen molar-refractivity contribution in [1.82, 2.24) is 15.0 Å². The zero-order valence-corrected chi connectivity index (χ0v) is 7.65. The van der Waals surface area contributed by atoms with Gasteiger partial charge in [0.15, 0.2) is 5.82 Å². The Morgan fingerprint density at radius 3 is 3.08 bits per heavy atom. The molecule has 0 saturated carbocycles. The van der Waals surface area contributed by atoms with Crippen LogP contribution in [0.3, 0.4) is 0 Å². The molecule has 0 amide bonds. The first-order valence-corrected chi connectivity index (χ1v) is 3.99. The van der Waals surface area contributed by atoms with Crippen LogP contribution in [0.5, 0.6) is 0 Å². The Kier molecular flexibility index (Phi) is 3.24. The van der Waals surface area contributed by atoms with Crippen LogP contribution in [0.25, 0.3) is 0 Å². The van der Waals surface area contributed by atoms with Crippen LogP contribution in [0.2, 0.25) is 0 Å². The molecule has 0 unspecified atom stereocenters. The quantitative estimate of drug-likeness (QED) is 0.661. The van der Waals surface area contributed by atoms with Crippen molar-refractivity contribution >= 4 is 11.8 Å². The summed E-state index contributed by atoms with van der Waals surface area (Å²) in [6.07, 6.45) is 1.64. The first-order chi connectivity index (χ1) is 6.26. The molecular weight excluding hydrogens is 172 g/mol. The highest BCUT2D eigenvalue weighted by Gasteiger charge is 2.04. The van der Waals surface area contributed by atoms with Gasteiger partial charge in [0.1, 0.15) is 6.54 Å². The molecule has 1 rings (SSSR count). The number of rotatable bonds is 4. The second-order valence-corrected chi connectivity index (χ2v) is 2.36. The second kappa shape index (κ2) is 4.44. The van der Waals surface area contributed by atoms with Crippen molar-refractivity contribution in [2.24, 2.45) is 0 Å². The summed E-state index contributed by atoms with van der Waals surface area (Å²) < 4.78 is 6.16. The van der Waals surface area contributed by atoms with Crippen LogP contribution in [-0.4, -0.2) is 34.6 Å². The Hall–Kier alpha value is -1.59. The summed E-state index contributed by atoms with van der Waals surface area (Å²) in [7, 11) is 1.73. The Bertz CT molecular complexity index is 284. The van der Waals surface area contributed by atoms with Crippen LogP contribution < -0.4 is 5.32 Å². The van der Waals surface area contributed by atoms with E-state index >= 15 is 0 Å². The second-order valence-electron chi connectivity index (χ2n) is 2.36. The lowest BCUT2D eigenvalue weighted by Crippen LogP contribution is -2.13. The van der Waals surface area contributed by atoms with Gasteiger partial charge in [-0.05, 0) is 6.92 Å². The molecule has 0 aliphatic heterocycles. The maximum atomic E-state index is 11.0. The molecule has 0 aromatic carbocycles. The smallest absolute Gasteiger partial charge is 0.327 e. The molecule has 1 aromatic heterocycles. The van der Waals surface area contributed by atoms with Gasteiger partial charge in [-0.25, -0.2) is 4.68 Å². The first-order valence-electron chi connectivity index (χ1n) is 3.99. The molecule has 6 heteroatoms. The fourth-order valence-electron chi connectivity index (χ4n) is 0.829. The molecule has 0 aliphatic rings. The Labute approximate surface area is 75.9 Å². The van der Waals surface area contributed by atoms with Crippen molar-refractivity contribution in [3.8, 4) is 0 Å². The molecule has 0 bridgehead atoms. The van der Waals surface area contributed by atoms with E-state index in [9.17, 15) is 4.79 Å². The summed E-state index contributed by atoms with van der Waals surface area (Å²) in [6.45, 7) is 2.24. The van der Waals surface area contributed by atoms with Crippen LogP contribution in [0.1, 0.15) is 6.92 Å². The molecule has 72 valence electrons. The summed E-state index contributed by atoms with van der Waals surface area (Å²) in [5.74, 6) is 0.319. The Morgan fingerprint density at radius 2 is 2.54 bits per heavy atom. The number of carbonyl (C=O) groups excluding carboxylic acids is 1. The van der Waals surface area contributed by atoms with Crippen LogP contribution in [-0.2, 0) is 16.1 Å². The van der Waals surface area contributed by atoms with E-state index in [2.05, 4.69) is 15.6 Å². The van der Waals surface area contributed by atoms with Gasteiger partial charge in [0.05, 0.1) is 12.8 Å². The number of ether oxygens (including phenoxy) is 1. The van der Waals surface area contributed by atoms with Gasteiger partial charge in [-0.15, -0.1) is 5.10 Å². The summed E-state index contributed by atoms with van der Waals surface area (Å²) in [4.78, 5) is 11.0. The summed E-state index contributed by atoms with van der Waals surface area (Å²) in [5.41, 5.74) is 0. The highest BCUT2D eigenvalue weighted by atomic mass is 16.5. The third-order valence-electron chi connectivity index (χ3n) is 1.39. The highest BCUT2D eigenvalue weighted by Crippen LogP contribution is 1.97. The molecule has 0 saturated heterocycles. The lowest BCUT2D eigenvalue weighted by atomic mass is 10.6. The van der Waals surface area contributed by atoms with Crippen LogP contribution in [0.15, 0.2) is 6.20 Å². The lowest BCUT2D eigenvalue weighted by molar-refractivity contribution is -0.144. The predicted octanol–water partition coefficient (Wildman–Crippen LogP) is -0.117. The molecule has 0 atom stereocenters. The largest absolute Gasteiger partial charge is 0.465 e. The maximum Gasteiger partial charge on any atom is 0.327 e. The molecule has 6 nitrogen and oxygen atoms in total. The number of carbonyl (C=O) groups is 1. The van der Waals surface area contributed by atoms with Gasteiger partial charge < -0.3 is 10.1 Å². The van der Waals surface area contributed by atoms with Gasteiger partial charge in [-0.2, -0.15) is 0 Å². The van der Waals surface area contributed by atoms with Crippen LogP contribution in [0.4, 0.5) is 5.82 Å². The average molecular weight is 184 g/mol.